The lowest BCUT2D eigenvalue weighted by atomic mass is 10.1. The van der Waals surface area contributed by atoms with Gasteiger partial charge in [0.15, 0.2) is 5.43 Å². The second-order valence-corrected chi connectivity index (χ2v) is 3.84. The standard InChI is InChI=1S/C13H15NO4/c1-16-7-8-4-11(15)10-5-9(17-2)6-12(18-3)13(10)14-8/h4-6H,7H2,1-3H3,(H,14,15). The molecule has 5 nitrogen and oxygen atoms in total. The molecule has 1 heterocycles. The van der Waals surface area contributed by atoms with Crippen LogP contribution in [0, 0.1) is 0 Å². The number of hydrogen-bond acceptors (Lipinski definition) is 4. The Hall–Kier alpha value is -2.01. The van der Waals surface area contributed by atoms with Crippen molar-refractivity contribution in [2.24, 2.45) is 0 Å². The minimum Gasteiger partial charge on any atom is -0.497 e. The zero-order valence-electron chi connectivity index (χ0n) is 10.6. The van der Waals surface area contributed by atoms with Crippen LogP contribution >= 0.6 is 0 Å². The average Bonchev–Trinajstić information content (AvgIpc) is 2.38. The molecule has 96 valence electrons. The number of H-pyrrole nitrogens is 1. The Balaban J connectivity index is 2.74. The van der Waals surface area contributed by atoms with Crippen LogP contribution in [0.25, 0.3) is 10.9 Å². The Bertz CT molecular complexity index is 618. The zero-order valence-corrected chi connectivity index (χ0v) is 10.6. The first kappa shape index (κ1) is 12.4. The molecular weight excluding hydrogens is 234 g/mol. The van der Waals surface area contributed by atoms with Crippen LogP contribution in [0.3, 0.4) is 0 Å². The lowest BCUT2D eigenvalue weighted by Gasteiger charge is -2.10. The van der Waals surface area contributed by atoms with Gasteiger partial charge in [0.25, 0.3) is 0 Å². The molecule has 0 radical (unpaired) electrons. The van der Waals surface area contributed by atoms with Crippen LogP contribution in [0.5, 0.6) is 11.5 Å². The zero-order chi connectivity index (χ0) is 13.1. The monoisotopic (exact) mass is 249 g/mol. The lowest BCUT2D eigenvalue weighted by molar-refractivity contribution is 0.181. The molecule has 0 aliphatic carbocycles. The molecule has 0 saturated heterocycles. The molecule has 0 fully saturated rings. The number of hydrogen-bond donors (Lipinski definition) is 1. The molecule has 0 saturated carbocycles. The third-order valence-electron chi connectivity index (χ3n) is 2.69. The van der Waals surface area contributed by atoms with Crippen LogP contribution in [0.15, 0.2) is 23.0 Å². The number of pyridine rings is 1. The maximum absolute atomic E-state index is 12.0. The van der Waals surface area contributed by atoms with Crippen molar-refractivity contribution in [1.29, 1.82) is 0 Å². The van der Waals surface area contributed by atoms with E-state index in [-0.39, 0.29) is 5.43 Å². The molecule has 1 aromatic carbocycles. The van der Waals surface area contributed by atoms with Crippen molar-refractivity contribution in [2.75, 3.05) is 21.3 Å². The molecule has 5 heteroatoms. The molecule has 2 rings (SSSR count). The molecule has 2 aromatic rings. The van der Waals surface area contributed by atoms with Gasteiger partial charge in [0.2, 0.25) is 0 Å². The van der Waals surface area contributed by atoms with Gasteiger partial charge in [-0.05, 0) is 6.07 Å². The van der Waals surface area contributed by atoms with Crippen LogP contribution in [-0.2, 0) is 11.3 Å². The highest BCUT2D eigenvalue weighted by Gasteiger charge is 2.10. The summed E-state index contributed by atoms with van der Waals surface area (Å²) in [7, 11) is 4.68. The largest absolute Gasteiger partial charge is 0.497 e. The van der Waals surface area contributed by atoms with Crippen molar-refractivity contribution >= 4 is 10.9 Å². The predicted octanol–water partition coefficient (Wildman–Crippen LogP) is 1.69. The number of ether oxygens (including phenoxy) is 3. The molecule has 0 spiro atoms. The number of aromatic amines is 1. The van der Waals surface area contributed by atoms with Crippen molar-refractivity contribution < 1.29 is 14.2 Å². The highest BCUT2D eigenvalue weighted by Crippen LogP contribution is 2.28. The van der Waals surface area contributed by atoms with E-state index in [2.05, 4.69) is 4.98 Å². The SMILES string of the molecule is COCc1cc(=O)c2cc(OC)cc(OC)c2[nH]1. The van der Waals surface area contributed by atoms with E-state index >= 15 is 0 Å². The summed E-state index contributed by atoms with van der Waals surface area (Å²) in [6.07, 6.45) is 0. The maximum Gasteiger partial charge on any atom is 0.190 e. The van der Waals surface area contributed by atoms with Gasteiger partial charge in [0.05, 0.1) is 31.7 Å². The fourth-order valence-corrected chi connectivity index (χ4v) is 1.86. The number of rotatable bonds is 4. The summed E-state index contributed by atoms with van der Waals surface area (Å²) in [6.45, 7) is 0.348. The minimum atomic E-state index is -0.0898. The van der Waals surface area contributed by atoms with E-state index in [1.165, 1.54) is 6.07 Å². The maximum atomic E-state index is 12.0. The summed E-state index contributed by atoms with van der Waals surface area (Å²) in [5.74, 6) is 1.16. The molecule has 0 atom stereocenters. The summed E-state index contributed by atoms with van der Waals surface area (Å²) in [5, 5.41) is 0.533. The highest BCUT2D eigenvalue weighted by atomic mass is 16.5. The fourth-order valence-electron chi connectivity index (χ4n) is 1.86. The van der Waals surface area contributed by atoms with Crippen molar-refractivity contribution in [1.82, 2.24) is 4.98 Å². The number of fused-ring (bicyclic) bond motifs is 1. The van der Waals surface area contributed by atoms with Crippen LogP contribution < -0.4 is 14.9 Å². The number of methoxy groups -OCH3 is 3. The van der Waals surface area contributed by atoms with Crippen molar-refractivity contribution in [3.8, 4) is 11.5 Å². The molecule has 0 aliphatic heterocycles. The highest BCUT2D eigenvalue weighted by molar-refractivity contribution is 5.86. The summed E-state index contributed by atoms with van der Waals surface area (Å²) in [4.78, 5) is 15.2. The van der Waals surface area contributed by atoms with Gasteiger partial charge in [0, 0.05) is 24.9 Å². The second kappa shape index (κ2) is 5.10. The minimum absolute atomic E-state index is 0.0898. The van der Waals surface area contributed by atoms with Gasteiger partial charge in [-0.2, -0.15) is 0 Å². The predicted molar refractivity (Wildman–Crippen MR) is 68.4 cm³/mol. The van der Waals surface area contributed by atoms with E-state index in [1.807, 2.05) is 0 Å². The van der Waals surface area contributed by atoms with Crippen molar-refractivity contribution in [3.05, 3.63) is 34.1 Å². The molecule has 1 N–H and O–H groups in total. The summed E-state index contributed by atoms with van der Waals surface area (Å²) in [6, 6.07) is 4.94. The van der Waals surface area contributed by atoms with Crippen LogP contribution in [-0.4, -0.2) is 26.3 Å². The third kappa shape index (κ3) is 2.17. The summed E-state index contributed by atoms with van der Waals surface area (Å²) < 4.78 is 15.4. The van der Waals surface area contributed by atoms with Gasteiger partial charge >= 0.3 is 0 Å². The lowest BCUT2D eigenvalue weighted by Crippen LogP contribution is -2.07. The van der Waals surface area contributed by atoms with E-state index in [0.29, 0.717) is 34.7 Å². The van der Waals surface area contributed by atoms with Gasteiger partial charge in [-0.15, -0.1) is 0 Å². The van der Waals surface area contributed by atoms with Crippen molar-refractivity contribution in [2.45, 2.75) is 6.61 Å². The Morgan fingerprint density at radius 3 is 2.50 bits per heavy atom. The van der Waals surface area contributed by atoms with E-state index in [9.17, 15) is 4.79 Å². The fraction of sp³-hybridized carbons (Fsp3) is 0.308. The van der Waals surface area contributed by atoms with E-state index in [0.717, 1.165) is 0 Å². The Kier molecular flexibility index (Phi) is 3.53. The van der Waals surface area contributed by atoms with Gasteiger partial charge < -0.3 is 19.2 Å². The van der Waals surface area contributed by atoms with Gasteiger partial charge in [-0.3, -0.25) is 4.79 Å². The number of benzene rings is 1. The number of nitrogens with one attached hydrogen (secondary N) is 1. The Labute approximate surface area is 104 Å². The molecule has 0 aliphatic rings. The van der Waals surface area contributed by atoms with Crippen LogP contribution in [0.4, 0.5) is 0 Å². The quantitative estimate of drug-likeness (QED) is 0.895. The van der Waals surface area contributed by atoms with Gasteiger partial charge in [0.1, 0.15) is 11.5 Å². The van der Waals surface area contributed by atoms with Gasteiger partial charge in [-0.25, -0.2) is 0 Å². The molecule has 0 bridgehead atoms. The first-order valence-electron chi connectivity index (χ1n) is 5.46. The summed E-state index contributed by atoms with van der Waals surface area (Å²) in [5.41, 5.74) is 1.27. The van der Waals surface area contributed by atoms with E-state index < -0.39 is 0 Å². The Morgan fingerprint density at radius 1 is 1.11 bits per heavy atom. The molecule has 1 aromatic heterocycles. The molecule has 0 amide bonds. The van der Waals surface area contributed by atoms with E-state index in [1.54, 1.807) is 33.5 Å². The van der Waals surface area contributed by atoms with Crippen molar-refractivity contribution in [3.63, 3.8) is 0 Å². The topological polar surface area (TPSA) is 60.6 Å². The first-order valence-corrected chi connectivity index (χ1v) is 5.46. The van der Waals surface area contributed by atoms with E-state index in [4.69, 9.17) is 14.2 Å². The van der Waals surface area contributed by atoms with Crippen LogP contribution in [0.1, 0.15) is 5.69 Å². The number of aromatic nitrogens is 1. The molecule has 18 heavy (non-hydrogen) atoms. The smallest absolute Gasteiger partial charge is 0.190 e. The molecular formula is C13H15NO4. The van der Waals surface area contributed by atoms with Gasteiger partial charge in [-0.1, -0.05) is 0 Å². The third-order valence-corrected chi connectivity index (χ3v) is 2.69. The summed E-state index contributed by atoms with van der Waals surface area (Å²) >= 11 is 0. The molecule has 0 unspecified atom stereocenters. The average molecular weight is 249 g/mol. The van der Waals surface area contributed by atoms with Crippen LogP contribution in [0.2, 0.25) is 0 Å². The first-order chi connectivity index (χ1) is 8.69. The Morgan fingerprint density at radius 2 is 1.89 bits per heavy atom. The normalized spacial score (nSPS) is 10.6. The second-order valence-electron chi connectivity index (χ2n) is 3.84.